The summed E-state index contributed by atoms with van der Waals surface area (Å²) >= 11 is 0. The van der Waals surface area contributed by atoms with E-state index in [9.17, 15) is 9.59 Å². The molecular formula is C38H74O16. The van der Waals surface area contributed by atoms with Crippen LogP contribution in [0.3, 0.4) is 0 Å². The van der Waals surface area contributed by atoms with Crippen molar-refractivity contribution >= 4 is 11.9 Å². The molecule has 54 heavy (non-hydrogen) atoms. The summed E-state index contributed by atoms with van der Waals surface area (Å²) in [5, 5.41) is 0. The molecule has 0 aromatic rings. The van der Waals surface area contributed by atoms with Crippen LogP contribution in [-0.2, 0) is 75.9 Å². The lowest BCUT2D eigenvalue weighted by Gasteiger charge is -2.19. The summed E-state index contributed by atoms with van der Waals surface area (Å²) < 4.78 is 75.6. The summed E-state index contributed by atoms with van der Waals surface area (Å²) in [4.78, 5) is 23.1. The second-order valence-corrected chi connectivity index (χ2v) is 12.8. The predicted octanol–water partition coefficient (Wildman–Crippen LogP) is 3.43. The number of unbranched alkanes of at least 4 members (excludes halogenated alkanes) is 4. The van der Waals surface area contributed by atoms with Crippen LogP contribution in [-0.4, -0.2) is 183 Å². The Bertz CT molecular complexity index is 783. The number of carbonyl (C=O) groups is 2. The highest BCUT2D eigenvalue weighted by atomic mass is 16.6. The fourth-order valence-electron chi connectivity index (χ4n) is 4.11. The van der Waals surface area contributed by atoms with E-state index in [1.165, 1.54) is 19.3 Å². The van der Waals surface area contributed by atoms with Gasteiger partial charge in [0.05, 0.1) is 152 Å². The van der Waals surface area contributed by atoms with Gasteiger partial charge in [-0.05, 0) is 27.2 Å². The van der Waals surface area contributed by atoms with Crippen LogP contribution in [0.25, 0.3) is 0 Å². The number of carbonyl (C=O) groups excluding carboxylic acids is 2. The Hall–Kier alpha value is -1.54. The molecule has 0 heterocycles. The number of esters is 2. The van der Waals surface area contributed by atoms with E-state index in [2.05, 4.69) is 6.92 Å². The highest BCUT2D eigenvalue weighted by Gasteiger charge is 2.15. The third kappa shape index (κ3) is 46.6. The third-order valence-electron chi connectivity index (χ3n) is 6.71. The van der Waals surface area contributed by atoms with E-state index in [1.807, 2.05) is 20.8 Å². The minimum atomic E-state index is -0.515. The fourth-order valence-corrected chi connectivity index (χ4v) is 4.11. The van der Waals surface area contributed by atoms with E-state index in [4.69, 9.17) is 66.3 Å². The lowest BCUT2D eigenvalue weighted by atomic mass is 10.1. The molecule has 0 aliphatic heterocycles. The summed E-state index contributed by atoms with van der Waals surface area (Å²) in [5.74, 6) is -0.542. The van der Waals surface area contributed by atoms with E-state index >= 15 is 0 Å². The molecule has 0 N–H and O–H groups in total. The number of hydrogen-bond acceptors (Lipinski definition) is 16. The van der Waals surface area contributed by atoms with Gasteiger partial charge < -0.3 is 66.3 Å². The van der Waals surface area contributed by atoms with Crippen molar-refractivity contribution in [2.45, 2.75) is 71.8 Å². The summed E-state index contributed by atoms with van der Waals surface area (Å²) in [7, 11) is 0. The molecule has 16 nitrogen and oxygen atoms in total. The van der Waals surface area contributed by atoms with Crippen LogP contribution in [0, 0.1) is 0 Å². The summed E-state index contributed by atoms with van der Waals surface area (Å²) in [6.07, 6.45) is 6.05. The van der Waals surface area contributed by atoms with E-state index in [0.717, 1.165) is 12.8 Å². The lowest BCUT2D eigenvalue weighted by Crippen LogP contribution is -2.27. The highest BCUT2D eigenvalue weighted by Crippen LogP contribution is 2.07. The molecule has 0 rings (SSSR count). The summed E-state index contributed by atoms with van der Waals surface area (Å²) in [6.45, 7) is 18.4. The summed E-state index contributed by atoms with van der Waals surface area (Å²) in [5.41, 5.74) is -0.515. The molecule has 0 aromatic carbocycles. The molecular weight excluding hydrogens is 712 g/mol. The molecule has 0 aromatic heterocycles. The molecule has 0 radical (unpaired) electrons. The van der Waals surface area contributed by atoms with Crippen LogP contribution >= 0.6 is 0 Å². The first-order chi connectivity index (χ1) is 26.3. The van der Waals surface area contributed by atoms with Crippen LogP contribution in [0.2, 0.25) is 0 Å². The molecule has 0 aliphatic rings. The minimum Gasteiger partial charge on any atom is -0.463 e. The molecule has 0 aliphatic carbocycles. The zero-order valence-electron chi connectivity index (χ0n) is 34.0. The van der Waals surface area contributed by atoms with Crippen molar-refractivity contribution < 1.29 is 75.9 Å². The molecule has 0 spiro atoms. The molecule has 0 atom stereocenters. The average Bonchev–Trinajstić information content (AvgIpc) is 3.13. The predicted molar refractivity (Wildman–Crippen MR) is 200 cm³/mol. The second-order valence-electron chi connectivity index (χ2n) is 12.8. The standard InChI is InChI=1S/C38H74O16/c1-5-6-7-8-9-10-36(39)53-34-33-51-30-29-49-26-25-47-22-21-45-18-17-43-14-13-41-11-12-42-15-16-44-19-20-46-23-24-48-27-28-50-31-32-52-35-37(40)54-38(2,3)4/h5-35H2,1-4H3. The largest absolute Gasteiger partial charge is 0.463 e. The van der Waals surface area contributed by atoms with E-state index in [0.29, 0.717) is 158 Å². The van der Waals surface area contributed by atoms with Gasteiger partial charge in [-0.2, -0.15) is 0 Å². The highest BCUT2D eigenvalue weighted by molar-refractivity contribution is 5.71. The van der Waals surface area contributed by atoms with Crippen LogP contribution in [0.4, 0.5) is 0 Å². The molecule has 0 fully saturated rings. The Morgan fingerprint density at radius 2 is 0.630 bits per heavy atom. The smallest absolute Gasteiger partial charge is 0.332 e. The van der Waals surface area contributed by atoms with Crippen molar-refractivity contribution in [2.75, 3.05) is 165 Å². The quantitative estimate of drug-likeness (QED) is 0.0652. The van der Waals surface area contributed by atoms with Gasteiger partial charge in [0.25, 0.3) is 0 Å². The first kappa shape index (κ1) is 52.5. The van der Waals surface area contributed by atoms with Gasteiger partial charge in [0.1, 0.15) is 18.8 Å². The summed E-state index contributed by atoms with van der Waals surface area (Å²) in [6, 6.07) is 0. The zero-order chi connectivity index (χ0) is 39.5. The lowest BCUT2D eigenvalue weighted by molar-refractivity contribution is -0.160. The van der Waals surface area contributed by atoms with E-state index in [-0.39, 0.29) is 25.2 Å². The Kier molecular flexibility index (Phi) is 41.4. The van der Waals surface area contributed by atoms with Gasteiger partial charge in [0.2, 0.25) is 0 Å². The van der Waals surface area contributed by atoms with Gasteiger partial charge in [0, 0.05) is 6.42 Å². The monoisotopic (exact) mass is 786 g/mol. The molecule has 0 amide bonds. The van der Waals surface area contributed by atoms with Crippen LogP contribution in [0.1, 0.15) is 66.2 Å². The zero-order valence-corrected chi connectivity index (χ0v) is 34.0. The van der Waals surface area contributed by atoms with Crippen molar-refractivity contribution in [1.29, 1.82) is 0 Å². The van der Waals surface area contributed by atoms with Gasteiger partial charge in [0.15, 0.2) is 0 Å². The maximum atomic E-state index is 11.6. The Balaban J connectivity index is 3.12. The van der Waals surface area contributed by atoms with Crippen molar-refractivity contribution in [3.05, 3.63) is 0 Å². The maximum absolute atomic E-state index is 11.6. The molecule has 0 saturated heterocycles. The first-order valence-electron chi connectivity index (χ1n) is 19.7. The van der Waals surface area contributed by atoms with Crippen molar-refractivity contribution in [3.63, 3.8) is 0 Å². The Morgan fingerprint density at radius 1 is 0.352 bits per heavy atom. The molecule has 0 unspecified atom stereocenters. The van der Waals surface area contributed by atoms with Crippen molar-refractivity contribution in [2.24, 2.45) is 0 Å². The van der Waals surface area contributed by atoms with Gasteiger partial charge in [-0.1, -0.05) is 32.6 Å². The van der Waals surface area contributed by atoms with Gasteiger partial charge >= 0.3 is 11.9 Å². The van der Waals surface area contributed by atoms with Gasteiger partial charge in [-0.3, -0.25) is 4.79 Å². The minimum absolute atomic E-state index is 0.0872. The second kappa shape index (κ2) is 42.6. The molecule has 16 heteroatoms. The van der Waals surface area contributed by atoms with Crippen LogP contribution in [0.15, 0.2) is 0 Å². The number of ether oxygens (including phenoxy) is 14. The fraction of sp³-hybridized carbons (Fsp3) is 0.947. The molecule has 0 bridgehead atoms. The average molecular weight is 787 g/mol. The Labute approximate surface area is 324 Å². The SMILES string of the molecule is CCCCCCCC(=O)OCCOCCOCCOCCOCCOCCOCCOCCOCCOCCOCCOCCOCC(=O)OC(C)(C)C. The topological polar surface area (TPSA) is 163 Å². The van der Waals surface area contributed by atoms with E-state index < -0.39 is 5.60 Å². The number of hydrogen-bond donors (Lipinski definition) is 0. The van der Waals surface area contributed by atoms with Crippen LogP contribution in [0.5, 0.6) is 0 Å². The maximum Gasteiger partial charge on any atom is 0.332 e. The van der Waals surface area contributed by atoms with Crippen molar-refractivity contribution in [1.82, 2.24) is 0 Å². The molecule has 0 saturated carbocycles. The van der Waals surface area contributed by atoms with Crippen molar-refractivity contribution in [3.8, 4) is 0 Å². The third-order valence-corrected chi connectivity index (χ3v) is 6.71. The normalized spacial score (nSPS) is 11.7. The van der Waals surface area contributed by atoms with Gasteiger partial charge in [-0.15, -0.1) is 0 Å². The van der Waals surface area contributed by atoms with E-state index in [1.54, 1.807) is 0 Å². The Morgan fingerprint density at radius 3 is 0.926 bits per heavy atom. The van der Waals surface area contributed by atoms with Crippen LogP contribution < -0.4 is 0 Å². The number of rotatable bonds is 44. The first-order valence-corrected chi connectivity index (χ1v) is 19.7. The molecule has 322 valence electrons. The van der Waals surface area contributed by atoms with Gasteiger partial charge in [-0.25, -0.2) is 4.79 Å².